The number of halogens is 3. The Morgan fingerprint density at radius 1 is 1.22 bits per heavy atom. The second-order valence-corrected chi connectivity index (χ2v) is 4.57. The molecule has 0 saturated carbocycles. The van der Waals surface area contributed by atoms with Crippen molar-refractivity contribution in [3.63, 3.8) is 0 Å². The Morgan fingerprint density at radius 3 is 2.50 bits per heavy atom. The summed E-state index contributed by atoms with van der Waals surface area (Å²) in [7, 11) is 0. The molecule has 100 valence electrons. The van der Waals surface area contributed by atoms with Gasteiger partial charge in [0.1, 0.15) is 0 Å². The molecule has 1 aliphatic heterocycles. The normalized spacial score (nSPS) is 20.3. The van der Waals surface area contributed by atoms with E-state index in [0.29, 0.717) is 19.1 Å². The molecule has 1 fully saturated rings. The van der Waals surface area contributed by atoms with Crippen molar-refractivity contribution in [3.8, 4) is 0 Å². The van der Waals surface area contributed by atoms with Gasteiger partial charge in [-0.3, -0.25) is 0 Å². The van der Waals surface area contributed by atoms with Crippen LogP contribution in [0, 0.1) is 5.92 Å². The summed E-state index contributed by atoms with van der Waals surface area (Å²) in [4.78, 5) is 0. The van der Waals surface area contributed by atoms with Crippen molar-refractivity contribution < 1.29 is 17.9 Å². The standard InChI is InChI=1S/C13H16F3NO/c14-13(15,16)12-3-1-10(2-4-12)8-18-9-11-5-6-17-7-11/h1-4,11,17H,5-9H2. The molecule has 0 radical (unpaired) electrons. The Labute approximate surface area is 104 Å². The molecule has 0 spiro atoms. The molecule has 1 aliphatic rings. The zero-order valence-electron chi connectivity index (χ0n) is 9.96. The molecule has 1 N–H and O–H groups in total. The Hall–Kier alpha value is -1.07. The minimum atomic E-state index is -4.27. The van der Waals surface area contributed by atoms with Gasteiger partial charge in [-0.1, -0.05) is 12.1 Å². The number of hydrogen-bond acceptors (Lipinski definition) is 2. The molecule has 0 amide bonds. The largest absolute Gasteiger partial charge is 0.416 e. The molecular formula is C13H16F3NO. The predicted molar refractivity (Wildman–Crippen MR) is 62.1 cm³/mol. The van der Waals surface area contributed by atoms with Crippen LogP contribution in [0.15, 0.2) is 24.3 Å². The van der Waals surface area contributed by atoms with Gasteiger partial charge in [0.25, 0.3) is 0 Å². The topological polar surface area (TPSA) is 21.3 Å². The number of alkyl halides is 3. The van der Waals surface area contributed by atoms with Gasteiger partial charge < -0.3 is 10.1 Å². The summed E-state index contributed by atoms with van der Waals surface area (Å²) in [6, 6.07) is 5.12. The monoisotopic (exact) mass is 259 g/mol. The van der Waals surface area contributed by atoms with Crippen molar-refractivity contribution in [2.45, 2.75) is 19.2 Å². The van der Waals surface area contributed by atoms with E-state index in [4.69, 9.17) is 4.74 Å². The first-order chi connectivity index (χ1) is 8.55. The second-order valence-electron chi connectivity index (χ2n) is 4.57. The molecule has 5 heteroatoms. The third-order valence-electron chi connectivity index (χ3n) is 3.07. The van der Waals surface area contributed by atoms with Crippen LogP contribution in [0.4, 0.5) is 13.2 Å². The van der Waals surface area contributed by atoms with E-state index in [-0.39, 0.29) is 0 Å². The number of ether oxygens (including phenoxy) is 1. The number of nitrogens with one attached hydrogen (secondary N) is 1. The Balaban J connectivity index is 1.79. The van der Waals surface area contributed by atoms with Crippen LogP contribution in [0.25, 0.3) is 0 Å². The highest BCUT2D eigenvalue weighted by Gasteiger charge is 2.29. The molecule has 1 saturated heterocycles. The average molecular weight is 259 g/mol. The molecule has 1 aromatic carbocycles. The van der Waals surface area contributed by atoms with Crippen molar-refractivity contribution >= 4 is 0 Å². The SMILES string of the molecule is FC(F)(F)c1ccc(COCC2CCNC2)cc1. The van der Waals surface area contributed by atoms with Crippen molar-refractivity contribution in [2.75, 3.05) is 19.7 Å². The minimum absolute atomic E-state index is 0.370. The molecule has 1 heterocycles. The first kappa shape index (κ1) is 13.4. The maximum absolute atomic E-state index is 12.3. The Bertz CT molecular complexity index is 369. The summed E-state index contributed by atoms with van der Waals surface area (Å²) < 4.78 is 42.5. The molecule has 0 aliphatic carbocycles. The first-order valence-corrected chi connectivity index (χ1v) is 6.00. The summed E-state index contributed by atoms with van der Waals surface area (Å²) in [5, 5.41) is 3.24. The van der Waals surface area contributed by atoms with Crippen LogP contribution in [-0.2, 0) is 17.5 Å². The lowest BCUT2D eigenvalue weighted by molar-refractivity contribution is -0.137. The molecule has 18 heavy (non-hydrogen) atoms. The lowest BCUT2D eigenvalue weighted by Crippen LogP contribution is -2.13. The lowest BCUT2D eigenvalue weighted by Gasteiger charge is -2.10. The molecule has 1 aromatic rings. The van der Waals surface area contributed by atoms with Gasteiger partial charge in [0.15, 0.2) is 0 Å². The molecule has 2 rings (SSSR count). The van der Waals surface area contributed by atoms with Crippen LogP contribution >= 0.6 is 0 Å². The highest BCUT2D eigenvalue weighted by atomic mass is 19.4. The van der Waals surface area contributed by atoms with E-state index in [1.54, 1.807) is 0 Å². The van der Waals surface area contributed by atoms with Crippen molar-refractivity contribution in [3.05, 3.63) is 35.4 Å². The van der Waals surface area contributed by atoms with Gasteiger partial charge >= 0.3 is 6.18 Å². The number of hydrogen-bond donors (Lipinski definition) is 1. The van der Waals surface area contributed by atoms with Crippen molar-refractivity contribution in [1.29, 1.82) is 0 Å². The van der Waals surface area contributed by atoms with Crippen LogP contribution in [0.1, 0.15) is 17.5 Å². The first-order valence-electron chi connectivity index (χ1n) is 6.00. The van der Waals surface area contributed by atoms with Gasteiger partial charge in [-0.15, -0.1) is 0 Å². The molecule has 0 aromatic heterocycles. The summed E-state index contributed by atoms with van der Waals surface area (Å²) in [5.74, 6) is 0.527. The van der Waals surface area contributed by atoms with Gasteiger partial charge in [-0.25, -0.2) is 0 Å². The quantitative estimate of drug-likeness (QED) is 0.897. The van der Waals surface area contributed by atoms with E-state index in [1.807, 2.05) is 0 Å². The van der Waals surface area contributed by atoms with E-state index in [2.05, 4.69) is 5.32 Å². The highest BCUT2D eigenvalue weighted by Crippen LogP contribution is 2.29. The van der Waals surface area contributed by atoms with E-state index in [0.717, 1.165) is 37.2 Å². The maximum atomic E-state index is 12.3. The van der Waals surface area contributed by atoms with E-state index in [1.165, 1.54) is 12.1 Å². The van der Waals surface area contributed by atoms with Gasteiger partial charge in [0, 0.05) is 6.54 Å². The Morgan fingerprint density at radius 2 is 1.94 bits per heavy atom. The third kappa shape index (κ3) is 3.71. The Kier molecular flexibility index (Phi) is 4.24. The fraction of sp³-hybridized carbons (Fsp3) is 0.538. The summed E-state index contributed by atoms with van der Waals surface area (Å²) in [6.07, 6.45) is -3.16. The number of rotatable bonds is 4. The molecule has 0 bridgehead atoms. The maximum Gasteiger partial charge on any atom is 0.416 e. The highest BCUT2D eigenvalue weighted by molar-refractivity contribution is 5.24. The summed E-state index contributed by atoms with van der Waals surface area (Å²) in [5.41, 5.74) is 0.153. The zero-order chi connectivity index (χ0) is 13.0. The van der Waals surface area contributed by atoms with Gasteiger partial charge in [0.2, 0.25) is 0 Å². The smallest absolute Gasteiger partial charge is 0.376 e. The third-order valence-corrected chi connectivity index (χ3v) is 3.07. The van der Waals surface area contributed by atoms with Crippen molar-refractivity contribution in [2.24, 2.45) is 5.92 Å². The molecular weight excluding hydrogens is 243 g/mol. The zero-order valence-corrected chi connectivity index (χ0v) is 9.96. The van der Waals surface area contributed by atoms with Gasteiger partial charge in [-0.05, 0) is 36.6 Å². The molecule has 1 atom stereocenters. The van der Waals surface area contributed by atoms with Crippen LogP contribution < -0.4 is 5.32 Å². The van der Waals surface area contributed by atoms with Crippen molar-refractivity contribution in [1.82, 2.24) is 5.32 Å². The summed E-state index contributed by atoms with van der Waals surface area (Å²) >= 11 is 0. The van der Waals surface area contributed by atoms with Crippen LogP contribution in [0.2, 0.25) is 0 Å². The summed E-state index contributed by atoms with van der Waals surface area (Å²) in [6.45, 7) is 3.02. The van der Waals surface area contributed by atoms with Crippen LogP contribution in [0.3, 0.4) is 0 Å². The van der Waals surface area contributed by atoms with Gasteiger partial charge in [0.05, 0.1) is 18.8 Å². The number of benzene rings is 1. The van der Waals surface area contributed by atoms with E-state index < -0.39 is 11.7 Å². The van der Waals surface area contributed by atoms with Gasteiger partial charge in [-0.2, -0.15) is 13.2 Å². The van der Waals surface area contributed by atoms with E-state index >= 15 is 0 Å². The lowest BCUT2D eigenvalue weighted by atomic mass is 10.1. The second kappa shape index (κ2) is 5.71. The van der Waals surface area contributed by atoms with Crippen LogP contribution in [0.5, 0.6) is 0 Å². The molecule has 1 unspecified atom stereocenters. The predicted octanol–water partition coefficient (Wildman–Crippen LogP) is 2.83. The van der Waals surface area contributed by atoms with E-state index in [9.17, 15) is 13.2 Å². The minimum Gasteiger partial charge on any atom is -0.376 e. The van der Waals surface area contributed by atoms with Crippen LogP contribution in [-0.4, -0.2) is 19.7 Å². The average Bonchev–Trinajstić information content (AvgIpc) is 2.82. The molecule has 2 nitrogen and oxygen atoms in total. The fourth-order valence-electron chi connectivity index (χ4n) is 1.99. The fourth-order valence-corrected chi connectivity index (χ4v) is 1.99.